The molecule has 0 unspecified atom stereocenters. The lowest BCUT2D eigenvalue weighted by atomic mass is 10.0. The van der Waals surface area contributed by atoms with Crippen molar-refractivity contribution in [2.45, 2.75) is 19.8 Å². The van der Waals surface area contributed by atoms with Gasteiger partial charge in [-0.25, -0.2) is 0 Å². The Bertz CT molecular complexity index is 928. The van der Waals surface area contributed by atoms with E-state index in [1.54, 1.807) is 0 Å². The van der Waals surface area contributed by atoms with Crippen LogP contribution in [0.5, 0.6) is 0 Å². The molecule has 20 heavy (non-hydrogen) atoms. The van der Waals surface area contributed by atoms with E-state index in [0.717, 1.165) is 11.2 Å². The predicted molar refractivity (Wildman–Crippen MR) is 85.3 cm³/mol. The minimum absolute atomic E-state index is 0.518. The fourth-order valence-corrected chi connectivity index (χ4v) is 2.88. The topological polar surface area (TPSA) is 13.1 Å². The number of furan rings is 1. The molecule has 0 spiro atoms. The molecule has 0 radical (unpaired) electrons. The highest BCUT2D eigenvalue weighted by molar-refractivity contribution is 6.14. The maximum absolute atomic E-state index is 6.16. The Morgan fingerprint density at radius 3 is 2.45 bits per heavy atom. The number of rotatable bonds is 1. The second-order valence-corrected chi connectivity index (χ2v) is 5.68. The number of fused-ring (bicyclic) bond motifs is 5. The molecule has 0 fully saturated rings. The molecule has 1 nitrogen and oxygen atoms in total. The summed E-state index contributed by atoms with van der Waals surface area (Å²) < 4.78 is 6.16. The lowest BCUT2D eigenvalue weighted by molar-refractivity contribution is 0.671. The Morgan fingerprint density at radius 2 is 1.60 bits per heavy atom. The van der Waals surface area contributed by atoms with Crippen molar-refractivity contribution in [3.8, 4) is 0 Å². The zero-order valence-electron chi connectivity index (χ0n) is 11.7. The first-order valence-corrected chi connectivity index (χ1v) is 7.08. The minimum Gasteiger partial charge on any atom is -0.455 e. The zero-order chi connectivity index (χ0) is 13.7. The predicted octanol–water partition coefficient (Wildman–Crippen LogP) is 5.86. The summed E-state index contributed by atoms with van der Waals surface area (Å²) in [6, 6.07) is 19.3. The molecule has 3 aromatic carbocycles. The van der Waals surface area contributed by atoms with Crippen LogP contribution in [-0.2, 0) is 0 Å². The number of hydrogen-bond acceptors (Lipinski definition) is 1. The molecule has 0 N–H and O–H groups in total. The normalized spacial score (nSPS) is 11.9. The third kappa shape index (κ3) is 1.56. The van der Waals surface area contributed by atoms with Crippen LogP contribution in [-0.4, -0.2) is 0 Å². The summed E-state index contributed by atoms with van der Waals surface area (Å²) in [5.41, 5.74) is 3.31. The highest BCUT2D eigenvalue weighted by Crippen LogP contribution is 2.35. The van der Waals surface area contributed by atoms with E-state index in [1.807, 2.05) is 0 Å². The fraction of sp³-hybridized carbons (Fsp3) is 0.158. The second-order valence-electron chi connectivity index (χ2n) is 5.68. The quantitative estimate of drug-likeness (QED) is 0.417. The summed E-state index contributed by atoms with van der Waals surface area (Å²) in [6.45, 7) is 4.42. The summed E-state index contributed by atoms with van der Waals surface area (Å²) in [7, 11) is 0. The molecule has 0 saturated heterocycles. The van der Waals surface area contributed by atoms with Gasteiger partial charge in [-0.15, -0.1) is 0 Å². The van der Waals surface area contributed by atoms with Crippen LogP contribution in [0.3, 0.4) is 0 Å². The first-order chi connectivity index (χ1) is 9.74. The Kier molecular flexibility index (Phi) is 2.37. The van der Waals surface area contributed by atoms with E-state index in [9.17, 15) is 0 Å². The van der Waals surface area contributed by atoms with Crippen molar-refractivity contribution >= 4 is 32.7 Å². The summed E-state index contributed by atoms with van der Waals surface area (Å²) in [6.07, 6.45) is 0. The van der Waals surface area contributed by atoms with Crippen molar-refractivity contribution in [1.82, 2.24) is 0 Å². The van der Waals surface area contributed by atoms with Crippen molar-refractivity contribution in [1.29, 1.82) is 0 Å². The van der Waals surface area contributed by atoms with E-state index in [0.29, 0.717) is 5.92 Å². The van der Waals surface area contributed by atoms with Crippen molar-refractivity contribution in [3.05, 3.63) is 60.2 Å². The Morgan fingerprint density at radius 1 is 0.800 bits per heavy atom. The standard InChI is InChI=1S/C19H16O/c1-12(2)14-8-9-16-17-10-7-13-5-3-4-6-15(13)19(17)20-18(16)11-14/h3-12H,1-2H3. The Hall–Kier alpha value is -2.28. The molecule has 0 atom stereocenters. The minimum atomic E-state index is 0.518. The molecule has 1 heteroatoms. The van der Waals surface area contributed by atoms with Crippen LogP contribution in [0, 0.1) is 0 Å². The van der Waals surface area contributed by atoms with E-state index in [4.69, 9.17) is 4.42 Å². The first kappa shape index (κ1) is 11.5. The smallest absolute Gasteiger partial charge is 0.143 e. The van der Waals surface area contributed by atoms with E-state index in [1.165, 1.54) is 27.1 Å². The molecule has 4 rings (SSSR count). The summed E-state index contributed by atoms with van der Waals surface area (Å²) in [5.74, 6) is 0.518. The van der Waals surface area contributed by atoms with Gasteiger partial charge in [0.05, 0.1) is 0 Å². The van der Waals surface area contributed by atoms with Crippen LogP contribution in [0.1, 0.15) is 25.3 Å². The third-order valence-electron chi connectivity index (χ3n) is 4.05. The van der Waals surface area contributed by atoms with E-state index < -0.39 is 0 Å². The highest BCUT2D eigenvalue weighted by Gasteiger charge is 2.11. The van der Waals surface area contributed by atoms with Gasteiger partial charge < -0.3 is 4.42 Å². The summed E-state index contributed by atoms with van der Waals surface area (Å²) in [5, 5.41) is 4.82. The average Bonchev–Trinajstić information content (AvgIpc) is 2.85. The molecule has 0 saturated carbocycles. The van der Waals surface area contributed by atoms with Crippen LogP contribution in [0.15, 0.2) is 59.0 Å². The van der Waals surface area contributed by atoms with E-state index in [-0.39, 0.29) is 0 Å². The third-order valence-corrected chi connectivity index (χ3v) is 4.05. The lowest BCUT2D eigenvalue weighted by Gasteiger charge is -2.03. The van der Waals surface area contributed by atoms with Crippen LogP contribution < -0.4 is 0 Å². The molecule has 0 aliphatic heterocycles. The van der Waals surface area contributed by atoms with Crippen molar-refractivity contribution in [3.63, 3.8) is 0 Å². The van der Waals surface area contributed by atoms with Gasteiger partial charge in [0.1, 0.15) is 11.2 Å². The molecule has 0 amide bonds. The summed E-state index contributed by atoms with van der Waals surface area (Å²) in [4.78, 5) is 0. The lowest BCUT2D eigenvalue weighted by Crippen LogP contribution is -1.84. The van der Waals surface area contributed by atoms with Gasteiger partial charge in [-0.05, 0) is 29.0 Å². The van der Waals surface area contributed by atoms with Gasteiger partial charge in [0, 0.05) is 16.2 Å². The van der Waals surface area contributed by atoms with Gasteiger partial charge in [-0.1, -0.05) is 56.3 Å². The van der Waals surface area contributed by atoms with Gasteiger partial charge in [0.25, 0.3) is 0 Å². The number of hydrogen-bond donors (Lipinski definition) is 0. The SMILES string of the molecule is CC(C)c1ccc2c(c1)oc1c3ccccc3ccc21. The molecule has 4 aromatic rings. The monoisotopic (exact) mass is 260 g/mol. The zero-order valence-corrected chi connectivity index (χ0v) is 11.7. The van der Waals surface area contributed by atoms with Gasteiger partial charge in [0.2, 0.25) is 0 Å². The second kappa shape index (κ2) is 4.11. The van der Waals surface area contributed by atoms with Crippen molar-refractivity contribution in [2.24, 2.45) is 0 Å². The van der Waals surface area contributed by atoms with Crippen LogP contribution >= 0.6 is 0 Å². The Balaban J connectivity index is 2.15. The van der Waals surface area contributed by atoms with Crippen LogP contribution in [0.2, 0.25) is 0 Å². The largest absolute Gasteiger partial charge is 0.455 e. The molecule has 1 aromatic heterocycles. The molecule has 0 aliphatic carbocycles. The number of benzene rings is 3. The van der Waals surface area contributed by atoms with Gasteiger partial charge in [0.15, 0.2) is 0 Å². The molecule has 98 valence electrons. The Labute approximate surface area is 117 Å². The van der Waals surface area contributed by atoms with Crippen LogP contribution in [0.25, 0.3) is 32.7 Å². The molecule has 0 aliphatic rings. The van der Waals surface area contributed by atoms with Crippen molar-refractivity contribution < 1.29 is 4.42 Å². The molecular formula is C19H16O. The summed E-state index contributed by atoms with van der Waals surface area (Å²) >= 11 is 0. The fourth-order valence-electron chi connectivity index (χ4n) is 2.88. The molecule has 1 heterocycles. The van der Waals surface area contributed by atoms with Crippen LogP contribution in [0.4, 0.5) is 0 Å². The average molecular weight is 260 g/mol. The maximum atomic E-state index is 6.16. The highest BCUT2D eigenvalue weighted by atomic mass is 16.3. The van der Waals surface area contributed by atoms with Crippen molar-refractivity contribution in [2.75, 3.05) is 0 Å². The van der Waals surface area contributed by atoms with E-state index >= 15 is 0 Å². The van der Waals surface area contributed by atoms with Gasteiger partial charge in [-0.2, -0.15) is 0 Å². The van der Waals surface area contributed by atoms with Gasteiger partial charge >= 0.3 is 0 Å². The molecular weight excluding hydrogens is 244 g/mol. The first-order valence-electron chi connectivity index (χ1n) is 7.08. The van der Waals surface area contributed by atoms with E-state index in [2.05, 4.69) is 68.4 Å². The maximum Gasteiger partial charge on any atom is 0.143 e. The molecule has 0 bridgehead atoms. The van der Waals surface area contributed by atoms with Gasteiger partial charge in [-0.3, -0.25) is 0 Å².